The normalized spacial score (nSPS) is 16.6. The number of hydrogen-bond donors (Lipinski definition) is 0. The molecule has 0 aliphatic carbocycles. The van der Waals surface area contributed by atoms with Gasteiger partial charge in [-0.2, -0.15) is 0 Å². The van der Waals surface area contributed by atoms with E-state index in [-0.39, 0.29) is 12.3 Å². The Labute approximate surface area is 158 Å². The van der Waals surface area contributed by atoms with Gasteiger partial charge >= 0.3 is 0 Å². The van der Waals surface area contributed by atoms with Crippen molar-refractivity contribution >= 4 is 29.1 Å². The predicted molar refractivity (Wildman–Crippen MR) is 99.8 cm³/mol. The number of hydrogen-bond acceptors (Lipinski definition) is 6. The lowest BCUT2D eigenvalue weighted by molar-refractivity contribution is -0.149. The third-order valence-electron chi connectivity index (χ3n) is 5.03. The van der Waals surface area contributed by atoms with Gasteiger partial charge in [-0.05, 0) is 19.4 Å². The van der Waals surface area contributed by atoms with Gasteiger partial charge in [-0.15, -0.1) is 14.1 Å². The highest BCUT2D eigenvalue weighted by molar-refractivity contribution is 7.93. The molecule has 0 N–H and O–H groups in total. The van der Waals surface area contributed by atoms with Gasteiger partial charge in [0, 0.05) is 11.1 Å². The number of nitrogens with zero attached hydrogens (tertiary/aromatic N) is 5. The van der Waals surface area contributed by atoms with Gasteiger partial charge in [0.15, 0.2) is 29.4 Å². The largest absolute Gasteiger partial charge is 0.344 e. The van der Waals surface area contributed by atoms with E-state index in [1.165, 1.54) is 3.97 Å². The highest BCUT2D eigenvalue weighted by Gasteiger charge is 2.33. The summed E-state index contributed by atoms with van der Waals surface area (Å²) in [6.45, 7) is 5.00. The van der Waals surface area contributed by atoms with Crippen LogP contribution in [0.4, 0.5) is 3.89 Å². The molecule has 1 aliphatic heterocycles. The molecule has 1 aromatic carbocycles. The number of benzene rings is 1. The summed E-state index contributed by atoms with van der Waals surface area (Å²) in [6.07, 6.45) is 3.20. The smallest absolute Gasteiger partial charge is 0.192 e. The minimum absolute atomic E-state index is 0.131. The molecule has 9 heteroatoms. The number of fused-ring (bicyclic) bond motifs is 3. The van der Waals surface area contributed by atoms with Crippen LogP contribution < -0.4 is 0 Å². The quantitative estimate of drug-likeness (QED) is 0.536. The summed E-state index contributed by atoms with van der Waals surface area (Å²) >= 11 is 0.131. The summed E-state index contributed by atoms with van der Waals surface area (Å²) < 4.78 is 28.6. The molecule has 27 heavy (non-hydrogen) atoms. The van der Waals surface area contributed by atoms with Gasteiger partial charge in [-0.25, -0.2) is 8.96 Å². The molecule has 0 atom stereocenters. The minimum Gasteiger partial charge on any atom is -0.344 e. The molecule has 3 aromatic heterocycles. The van der Waals surface area contributed by atoms with Crippen LogP contribution in [-0.4, -0.2) is 36.8 Å². The van der Waals surface area contributed by atoms with Crippen LogP contribution in [0.25, 0.3) is 28.1 Å². The maximum atomic E-state index is 13.9. The first kappa shape index (κ1) is 16.7. The van der Waals surface area contributed by atoms with Crippen LogP contribution in [0.15, 0.2) is 36.8 Å². The van der Waals surface area contributed by atoms with Crippen molar-refractivity contribution in [1.29, 1.82) is 0 Å². The van der Waals surface area contributed by atoms with E-state index in [1.54, 1.807) is 12.5 Å². The van der Waals surface area contributed by atoms with Crippen LogP contribution in [0, 0.1) is 6.92 Å². The number of halogens is 1. The fraction of sp³-hybridized carbons (Fsp3) is 0.278. The number of rotatable bonds is 3. The van der Waals surface area contributed by atoms with Crippen LogP contribution in [0.1, 0.15) is 18.1 Å². The second-order valence-corrected chi connectivity index (χ2v) is 7.05. The lowest BCUT2D eigenvalue weighted by atomic mass is 10.0. The van der Waals surface area contributed by atoms with Crippen LogP contribution >= 0.6 is 12.3 Å². The third-order valence-corrected chi connectivity index (χ3v) is 5.52. The van der Waals surface area contributed by atoms with E-state index >= 15 is 0 Å². The molecule has 4 aromatic rings. The van der Waals surface area contributed by atoms with Crippen molar-refractivity contribution < 1.29 is 13.4 Å². The summed E-state index contributed by atoms with van der Waals surface area (Å²) in [6, 6.07) is 7.80. The maximum absolute atomic E-state index is 13.9. The first-order valence-corrected chi connectivity index (χ1v) is 9.17. The Morgan fingerprint density at radius 3 is 2.63 bits per heavy atom. The monoisotopic (exact) mass is 385 g/mol. The van der Waals surface area contributed by atoms with Crippen molar-refractivity contribution in [2.75, 3.05) is 13.2 Å². The van der Waals surface area contributed by atoms with Crippen molar-refractivity contribution in [3.05, 3.63) is 47.9 Å². The Morgan fingerprint density at radius 2 is 1.93 bits per heavy atom. The van der Waals surface area contributed by atoms with Gasteiger partial charge < -0.3 is 9.47 Å². The first-order chi connectivity index (χ1) is 13.1. The lowest BCUT2D eigenvalue weighted by Gasteiger charge is -2.22. The van der Waals surface area contributed by atoms with Crippen LogP contribution in [0.3, 0.4) is 0 Å². The zero-order valence-corrected chi connectivity index (χ0v) is 15.5. The summed E-state index contributed by atoms with van der Waals surface area (Å²) in [5, 5.41) is 7.95. The number of aryl methyl sites for hydroxylation is 1. The molecule has 0 amide bonds. The SMILES string of the molecule is Cc1c(-c2ccc(C3(C)OCCO3)cc2)n(SF)c2ncc3nncn3c12. The molecule has 0 saturated carbocycles. The van der Waals surface area contributed by atoms with E-state index < -0.39 is 5.79 Å². The van der Waals surface area contributed by atoms with Crippen molar-refractivity contribution in [3.8, 4) is 11.3 Å². The van der Waals surface area contributed by atoms with Gasteiger partial charge in [0.05, 0.1) is 30.6 Å². The molecule has 1 saturated heterocycles. The first-order valence-electron chi connectivity index (χ1n) is 8.50. The Kier molecular flexibility index (Phi) is 3.71. The van der Waals surface area contributed by atoms with E-state index in [2.05, 4.69) is 15.2 Å². The van der Waals surface area contributed by atoms with Gasteiger partial charge in [0.25, 0.3) is 0 Å². The second-order valence-electron chi connectivity index (χ2n) is 6.55. The zero-order chi connectivity index (χ0) is 18.6. The fourth-order valence-electron chi connectivity index (χ4n) is 3.67. The van der Waals surface area contributed by atoms with Crippen molar-refractivity contribution in [1.82, 2.24) is 23.6 Å². The molecule has 138 valence electrons. The molecule has 0 unspecified atom stereocenters. The highest BCUT2D eigenvalue weighted by atomic mass is 32.2. The third kappa shape index (κ3) is 2.39. The van der Waals surface area contributed by atoms with Crippen molar-refractivity contribution in [2.24, 2.45) is 0 Å². The van der Waals surface area contributed by atoms with E-state index in [9.17, 15) is 3.89 Å². The van der Waals surface area contributed by atoms with E-state index in [1.807, 2.05) is 42.5 Å². The molecule has 0 spiro atoms. The molecule has 1 aliphatic rings. The fourth-order valence-corrected chi connectivity index (χ4v) is 4.18. The molecule has 4 heterocycles. The lowest BCUT2D eigenvalue weighted by Crippen LogP contribution is -2.22. The van der Waals surface area contributed by atoms with E-state index in [0.29, 0.717) is 24.5 Å². The molecular formula is C18H16FN5O2S. The topological polar surface area (TPSA) is 66.5 Å². The molecular weight excluding hydrogens is 369 g/mol. The van der Waals surface area contributed by atoms with Crippen LogP contribution in [0.2, 0.25) is 0 Å². The molecule has 5 rings (SSSR count). The van der Waals surface area contributed by atoms with Crippen LogP contribution in [0.5, 0.6) is 0 Å². The second kappa shape index (κ2) is 6.01. The number of ether oxygens (including phenoxy) is 2. The zero-order valence-electron chi connectivity index (χ0n) is 14.7. The molecule has 0 radical (unpaired) electrons. The maximum Gasteiger partial charge on any atom is 0.192 e. The van der Waals surface area contributed by atoms with Crippen molar-refractivity contribution in [2.45, 2.75) is 19.6 Å². The summed E-state index contributed by atoms with van der Waals surface area (Å²) in [4.78, 5) is 4.39. The minimum atomic E-state index is -0.731. The van der Waals surface area contributed by atoms with Crippen molar-refractivity contribution in [3.63, 3.8) is 0 Å². The molecule has 0 bridgehead atoms. The van der Waals surface area contributed by atoms with Gasteiger partial charge in [-0.3, -0.25) is 4.40 Å². The summed E-state index contributed by atoms with van der Waals surface area (Å²) in [5.41, 5.74) is 5.39. The van der Waals surface area contributed by atoms with Gasteiger partial charge in [0.1, 0.15) is 6.33 Å². The number of aromatic nitrogens is 5. The van der Waals surface area contributed by atoms with Crippen LogP contribution in [-0.2, 0) is 15.3 Å². The Bertz CT molecular complexity index is 1150. The average Bonchev–Trinajstić information content (AvgIpc) is 3.39. The predicted octanol–water partition coefficient (Wildman–Crippen LogP) is 3.65. The molecule has 1 fully saturated rings. The Balaban J connectivity index is 1.69. The highest BCUT2D eigenvalue weighted by Crippen LogP contribution is 2.37. The van der Waals surface area contributed by atoms with E-state index in [0.717, 1.165) is 27.9 Å². The Hall–Kier alpha value is -2.49. The summed E-state index contributed by atoms with van der Waals surface area (Å²) in [5.74, 6) is -0.731. The standard InChI is InChI=1S/C18H16FN5O2S/c1-11-15(12-3-5-13(6-4-12)18(2)25-7-8-26-18)24(27-19)17-16(11)23-10-21-22-14(23)9-20-17/h3-6,9-10H,7-8H2,1-2H3. The van der Waals surface area contributed by atoms with Gasteiger partial charge in [0.2, 0.25) is 0 Å². The molecule has 7 nitrogen and oxygen atoms in total. The van der Waals surface area contributed by atoms with E-state index in [4.69, 9.17) is 9.47 Å². The summed E-state index contributed by atoms with van der Waals surface area (Å²) in [7, 11) is 0. The average molecular weight is 385 g/mol. The van der Waals surface area contributed by atoms with Gasteiger partial charge in [-0.1, -0.05) is 24.3 Å². The Morgan fingerprint density at radius 1 is 1.19 bits per heavy atom.